The number of hydrogen-bond acceptors (Lipinski definition) is 2. The average molecular weight is 250 g/mol. The van der Waals surface area contributed by atoms with E-state index in [2.05, 4.69) is 16.9 Å². The maximum Gasteiger partial charge on any atom is 0.223 e. The second kappa shape index (κ2) is 6.10. The summed E-state index contributed by atoms with van der Waals surface area (Å²) in [6.45, 7) is 3.41. The van der Waals surface area contributed by atoms with E-state index in [1.165, 1.54) is 32.1 Å². The lowest BCUT2D eigenvalue weighted by molar-refractivity contribution is -0.130. The molecule has 1 saturated carbocycles. The van der Waals surface area contributed by atoms with Crippen LogP contribution in [0.4, 0.5) is 0 Å². The SMILES string of the molecule is CC(C1CCCCC1)N1CC(CN=[N+]=[N-])CC1=O. The van der Waals surface area contributed by atoms with E-state index in [4.69, 9.17) is 5.53 Å². The molecule has 18 heavy (non-hydrogen) atoms. The van der Waals surface area contributed by atoms with Crippen LogP contribution in [-0.2, 0) is 4.79 Å². The maximum absolute atomic E-state index is 12.0. The van der Waals surface area contributed by atoms with Gasteiger partial charge in [-0.25, -0.2) is 0 Å². The summed E-state index contributed by atoms with van der Waals surface area (Å²) < 4.78 is 0. The smallest absolute Gasteiger partial charge is 0.223 e. The minimum Gasteiger partial charge on any atom is -0.339 e. The minimum atomic E-state index is 0.222. The summed E-state index contributed by atoms with van der Waals surface area (Å²) in [6, 6.07) is 0.355. The normalized spacial score (nSPS) is 27.1. The second-order valence-corrected chi connectivity index (χ2v) is 5.67. The molecule has 2 fully saturated rings. The Morgan fingerprint density at radius 3 is 2.83 bits per heavy atom. The molecule has 0 radical (unpaired) electrons. The molecule has 5 nitrogen and oxygen atoms in total. The molecule has 1 aliphatic heterocycles. The first-order valence-electron chi connectivity index (χ1n) is 7.02. The van der Waals surface area contributed by atoms with Crippen LogP contribution < -0.4 is 0 Å². The molecule has 0 N–H and O–H groups in total. The van der Waals surface area contributed by atoms with E-state index in [1.807, 2.05) is 4.90 Å². The molecular weight excluding hydrogens is 228 g/mol. The number of amides is 1. The van der Waals surface area contributed by atoms with Gasteiger partial charge in [0.05, 0.1) is 0 Å². The van der Waals surface area contributed by atoms with Gasteiger partial charge in [-0.3, -0.25) is 4.79 Å². The zero-order valence-electron chi connectivity index (χ0n) is 11.1. The number of rotatable bonds is 4. The summed E-state index contributed by atoms with van der Waals surface area (Å²) in [5.41, 5.74) is 8.33. The van der Waals surface area contributed by atoms with E-state index in [0.29, 0.717) is 24.9 Å². The third-order valence-electron chi connectivity index (χ3n) is 4.47. The van der Waals surface area contributed by atoms with E-state index in [9.17, 15) is 4.79 Å². The van der Waals surface area contributed by atoms with Crippen LogP contribution in [0.5, 0.6) is 0 Å². The van der Waals surface area contributed by atoms with Gasteiger partial charge in [-0.15, -0.1) is 0 Å². The monoisotopic (exact) mass is 250 g/mol. The molecule has 1 aliphatic carbocycles. The summed E-state index contributed by atoms with van der Waals surface area (Å²) in [6.07, 6.45) is 7.02. The lowest BCUT2D eigenvalue weighted by Gasteiger charge is -2.34. The van der Waals surface area contributed by atoms with Crippen LogP contribution in [0.3, 0.4) is 0 Å². The summed E-state index contributed by atoms with van der Waals surface area (Å²) in [4.78, 5) is 16.8. The molecule has 1 amide bonds. The van der Waals surface area contributed by atoms with Gasteiger partial charge < -0.3 is 4.90 Å². The molecule has 2 atom stereocenters. The van der Waals surface area contributed by atoms with E-state index in [1.54, 1.807) is 0 Å². The van der Waals surface area contributed by atoms with Gasteiger partial charge in [0.2, 0.25) is 5.91 Å². The predicted octanol–water partition coefficient (Wildman–Crippen LogP) is 3.11. The van der Waals surface area contributed by atoms with Crippen LogP contribution in [-0.4, -0.2) is 29.9 Å². The highest BCUT2D eigenvalue weighted by molar-refractivity contribution is 5.79. The third kappa shape index (κ3) is 2.96. The number of hydrogen-bond donors (Lipinski definition) is 0. The Morgan fingerprint density at radius 2 is 2.17 bits per heavy atom. The Balaban J connectivity index is 1.91. The summed E-state index contributed by atoms with van der Waals surface area (Å²) in [5.74, 6) is 1.13. The molecule has 0 aromatic carbocycles. The third-order valence-corrected chi connectivity index (χ3v) is 4.47. The summed E-state index contributed by atoms with van der Waals surface area (Å²) in [5, 5.41) is 3.60. The maximum atomic E-state index is 12.0. The Labute approximate surface area is 108 Å². The van der Waals surface area contributed by atoms with Gasteiger partial charge in [-0.05, 0) is 37.1 Å². The van der Waals surface area contributed by atoms with E-state index < -0.39 is 0 Å². The Hall–Kier alpha value is -1.22. The first-order chi connectivity index (χ1) is 8.72. The molecule has 2 unspecified atom stereocenters. The predicted molar refractivity (Wildman–Crippen MR) is 69.9 cm³/mol. The molecule has 0 aromatic rings. The van der Waals surface area contributed by atoms with Crippen LogP contribution in [0, 0.1) is 11.8 Å². The average Bonchev–Trinajstić information content (AvgIpc) is 2.78. The zero-order valence-corrected chi connectivity index (χ0v) is 11.1. The highest BCUT2D eigenvalue weighted by atomic mass is 16.2. The van der Waals surface area contributed by atoms with Gasteiger partial charge in [-0.2, -0.15) is 0 Å². The van der Waals surface area contributed by atoms with Gasteiger partial charge in [0.25, 0.3) is 0 Å². The van der Waals surface area contributed by atoms with Gasteiger partial charge in [0.1, 0.15) is 0 Å². The molecule has 1 saturated heterocycles. The van der Waals surface area contributed by atoms with E-state index in [0.717, 1.165) is 6.54 Å². The van der Waals surface area contributed by atoms with Gasteiger partial charge in [0, 0.05) is 30.5 Å². The zero-order chi connectivity index (χ0) is 13.0. The molecule has 2 aliphatic rings. The number of likely N-dealkylation sites (tertiary alicyclic amines) is 1. The number of carbonyl (C=O) groups is 1. The molecule has 2 rings (SSSR count). The molecule has 0 spiro atoms. The molecule has 0 aromatic heterocycles. The second-order valence-electron chi connectivity index (χ2n) is 5.67. The molecule has 0 bridgehead atoms. The minimum absolute atomic E-state index is 0.222. The van der Waals surface area contributed by atoms with E-state index >= 15 is 0 Å². The van der Waals surface area contributed by atoms with E-state index in [-0.39, 0.29) is 11.8 Å². The van der Waals surface area contributed by atoms with Crippen LogP contribution in [0.2, 0.25) is 0 Å². The first kappa shape index (κ1) is 13.2. The Kier molecular flexibility index (Phi) is 4.48. The fraction of sp³-hybridized carbons (Fsp3) is 0.923. The summed E-state index contributed by atoms with van der Waals surface area (Å²) in [7, 11) is 0. The molecular formula is C13H22N4O. The van der Waals surface area contributed by atoms with Crippen molar-refractivity contribution in [3.63, 3.8) is 0 Å². The lowest BCUT2D eigenvalue weighted by Crippen LogP contribution is -2.40. The van der Waals surface area contributed by atoms with Crippen molar-refractivity contribution >= 4 is 5.91 Å². The van der Waals surface area contributed by atoms with Gasteiger partial charge in [-0.1, -0.05) is 24.4 Å². The van der Waals surface area contributed by atoms with Crippen molar-refractivity contribution < 1.29 is 4.79 Å². The quantitative estimate of drug-likeness (QED) is 0.429. The molecule has 100 valence electrons. The van der Waals surface area contributed by atoms with Crippen LogP contribution in [0.15, 0.2) is 5.11 Å². The Bertz CT molecular complexity index is 345. The number of nitrogens with zero attached hydrogens (tertiary/aromatic N) is 4. The van der Waals surface area contributed by atoms with Crippen molar-refractivity contribution in [2.24, 2.45) is 17.0 Å². The topological polar surface area (TPSA) is 69.1 Å². The van der Waals surface area contributed by atoms with Crippen molar-refractivity contribution in [2.75, 3.05) is 13.1 Å². The highest BCUT2D eigenvalue weighted by Gasteiger charge is 2.35. The fourth-order valence-corrected chi connectivity index (χ4v) is 3.35. The first-order valence-corrected chi connectivity index (χ1v) is 7.02. The van der Waals surface area contributed by atoms with Crippen molar-refractivity contribution in [3.8, 4) is 0 Å². The van der Waals surface area contributed by atoms with Crippen molar-refractivity contribution in [3.05, 3.63) is 10.4 Å². The van der Waals surface area contributed by atoms with Crippen LogP contribution in [0.25, 0.3) is 10.4 Å². The fourth-order valence-electron chi connectivity index (χ4n) is 3.35. The number of azide groups is 1. The summed E-state index contributed by atoms with van der Waals surface area (Å²) >= 11 is 0. The molecule has 5 heteroatoms. The highest BCUT2D eigenvalue weighted by Crippen LogP contribution is 2.31. The lowest BCUT2D eigenvalue weighted by atomic mass is 9.84. The van der Waals surface area contributed by atoms with Crippen molar-refractivity contribution in [1.82, 2.24) is 4.90 Å². The van der Waals surface area contributed by atoms with Crippen molar-refractivity contribution in [2.45, 2.75) is 51.5 Å². The molecule has 1 heterocycles. The van der Waals surface area contributed by atoms with Gasteiger partial charge in [0.15, 0.2) is 0 Å². The Morgan fingerprint density at radius 1 is 1.44 bits per heavy atom. The van der Waals surface area contributed by atoms with Crippen molar-refractivity contribution in [1.29, 1.82) is 0 Å². The van der Waals surface area contributed by atoms with Crippen LogP contribution in [0.1, 0.15) is 45.4 Å². The van der Waals surface area contributed by atoms with Crippen LogP contribution >= 0.6 is 0 Å². The number of carbonyl (C=O) groups excluding carboxylic acids is 1. The van der Waals surface area contributed by atoms with Gasteiger partial charge >= 0.3 is 0 Å². The largest absolute Gasteiger partial charge is 0.339 e. The standard InChI is InChI=1S/C13H22N4O/c1-10(12-5-3-2-4-6-12)17-9-11(7-13(17)18)8-15-16-14/h10-12H,2-9H2,1H3.